The van der Waals surface area contributed by atoms with Crippen LogP contribution in [0.1, 0.15) is 51.5 Å². The van der Waals surface area contributed by atoms with Gasteiger partial charge in [0.05, 0.1) is 17.2 Å². The Bertz CT molecular complexity index is 1660. The zero-order valence-corrected chi connectivity index (χ0v) is 23.3. The normalized spacial score (nSPS) is 11.1. The van der Waals surface area contributed by atoms with Crippen molar-refractivity contribution in [1.29, 1.82) is 5.26 Å². The number of nitrogens with one attached hydrogen (secondary N) is 1. The molecule has 0 aliphatic carbocycles. The van der Waals surface area contributed by atoms with E-state index in [0.717, 1.165) is 23.4 Å². The van der Waals surface area contributed by atoms with Crippen LogP contribution in [0.15, 0.2) is 72.9 Å². The SMILES string of the molecule is CCC(=O)c1cc(Nc2nccc(N(C)c3ccc(CC(=O)Cc4cc(C#N)cc(C(F)(F)F)c4)cc3)n2)ccc1C. The highest BCUT2D eigenvalue weighted by Gasteiger charge is 2.31. The molecule has 0 aliphatic heterocycles. The Hall–Kier alpha value is -5.04. The number of halogens is 3. The van der Waals surface area contributed by atoms with Gasteiger partial charge in [-0.25, -0.2) is 4.98 Å². The fraction of sp³-hybridized carbons (Fsp3) is 0.219. The maximum Gasteiger partial charge on any atom is 0.416 e. The van der Waals surface area contributed by atoms with Crippen LogP contribution in [0.25, 0.3) is 0 Å². The first kappa shape index (κ1) is 29.9. The lowest BCUT2D eigenvalue weighted by atomic mass is 9.99. The van der Waals surface area contributed by atoms with Gasteiger partial charge in [0.15, 0.2) is 5.78 Å². The monoisotopic (exact) mass is 571 g/mol. The fourth-order valence-corrected chi connectivity index (χ4v) is 4.43. The predicted octanol–water partition coefficient (Wildman–Crippen LogP) is 7.13. The molecule has 0 saturated heterocycles. The van der Waals surface area contributed by atoms with Gasteiger partial charge in [-0.2, -0.15) is 23.4 Å². The van der Waals surface area contributed by atoms with Crippen molar-refractivity contribution in [3.05, 3.63) is 106 Å². The topological polar surface area (TPSA) is 99.0 Å². The van der Waals surface area contributed by atoms with Crippen molar-refractivity contribution < 1.29 is 22.8 Å². The number of aryl methyl sites for hydroxylation is 1. The second kappa shape index (κ2) is 12.6. The van der Waals surface area contributed by atoms with Crippen LogP contribution in [0.3, 0.4) is 0 Å². The van der Waals surface area contributed by atoms with Crippen LogP contribution in [0.5, 0.6) is 0 Å². The van der Waals surface area contributed by atoms with Gasteiger partial charge in [0.1, 0.15) is 11.6 Å². The molecule has 4 rings (SSSR count). The summed E-state index contributed by atoms with van der Waals surface area (Å²) in [6.07, 6.45) is -2.76. The lowest BCUT2D eigenvalue weighted by Crippen LogP contribution is -2.13. The first-order valence-electron chi connectivity index (χ1n) is 13.2. The second-order valence-corrected chi connectivity index (χ2v) is 9.82. The highest BCUT2D eigenvalue weighted by molar-refractivity contribution is 5.98. The number of nitrogens with zero attached hydrogens (tertiary/aromatic N) is 4. The number of hydrogen-bond acceptors (Lipinski definition) is 7. The number of rotatable bonds is 10. The van der Waals surface area contributed by atoms with Crippen molar-refractivity contribution in [3.63, 3.8) is 0 Å². The third-order valence-electron chi connectivity index (χ3n) is 6.68. The van der Waals surface area contributed by atoms with E-state index in [9.17, 15) is 22.8 Å². The summed E-state index contributed by atoms with van der Waals surface area (Å²) in [5.41, 5.74) is 2.79. The molecule has 0 unspecified atom stereocenters. The van der Waals surface area contributed by atoms with E-state index in [2.05, 4.69) is 15.3 Å². The molecular formula is C32H28F3N5O2. The summed E-state index contributed by atoms with van der Waals surface area (Å²) in [6.45, 7) is 3.71. The average molecular weight is 572 g/mol. The maximum atomic E-state index is 13.2. The van der Waals surface area contributed by atoms with Crippen molar-refractivity contribution in [1.82, 2.24) is 9.97 Å². The highest BCUT2D eigenvalue weighted by atomic mass is 19.4. The van der Waals surface area contributed by atoms with Crippen LogP contribution in [0.4, 0.5) is 36.3 Å². The summed E-state index contributed by atoms with van der Waals surface area (Å²) in [5.74, 6) is 0.742. The molecule has 0 spiro atoms. The standard InChI is InChI=1S/C32H28F3N5O2/c1-4-29(42)28-18-25(8-5-20(28)2)38-31-37-12-11-30(39-31)40(3)26-9-6-21(7-10-26)16-27(41)17-22-13-23(19-36)15-24(14-22)32(33,34)35/h5-15,18H,4,16-17H2,1-3H3,(H,37,38,39). The Balaban J connectivity index is 1.43. The number of benzene rings is 3. The van der Waals surface area contributed by atoms with Crippen molar-refractivity contribution in [2.24, 2.45) is 0 Å². The van der Waals surface area contributed by atoms with Crippen LogP contribution in [0, 0.1) is 18.3 Å². The molecule has 0 amide bonds. The molecule has 0 saturated carbocycles. The van der Waals surface area contributed by atoms with E-state index in [1.54, 1.807) is 36.5 Å². The van der Waals surface area contributed by atoms with Gasteiger partial charge in [-0.3, -0.25) is 9.59 Å². The molecule has 1 N–H and O–H groups in total. The number of carbonyl (C=O) groups excluding carboxylic acids is 2. The van der Waals surface area contributed by atoms with E-state index in [0.29, 0.717) is 35.0 Å². The molecule has 10 heteroatoms. The third-order valence-corrected chi connectivity index (χ3v) is 6.68. The summed E-state index contributed by atoms with van der Waals surface area (Å²) in [6, 6.07) is 19.1. The minimum Gasteiger partial charge on any atom is -0.329 e. The van der Waals surface area contributed by atoms with Gasteiger partial charge in [-0.1, -0.05) is 25.1 Å². The van der Waals surface area contributed by atoms with Crippen LogP contribution in [-0.4, -0.2) is 28.6 Å². The van der Waals surface area contributed by atoms with Crippen LogP contribution >= 0.6 is 0 Å². The molecular weight excluding hydrogens is 543 g/mol. The molecule has 7 nitrogen and oxygen atoms in total. The molecule has 0 atom stereocenters. The Morgan fingerprint density at radius 2 is 1.69 bits per heavy atom. The number of anilines is 4. The number of aromatic nitrogens is 2. The number of ketones is 2. The van der Waals surface area contributed by atoms with E-state index in [1.807, 2.05) is 50.1 Å². The summed E-state index contributed by atoms with van der Waals surface area (Å²) in [4.78, 5) is 35.6. The Labute approximate surface area is 241 Å². The number of hydrogen-bond donors (Lipinski definition) is 1. The Morgan fingerprint density at radius 3 is 2.36 bits per heavy atom. The minimum atomic E-state index is -4.60. The van der Waals surface area contributed by atoms with Gasteiger partial charge in [0, 0.05) is 49.4 Å². The summed E-state index contributed by atoms with van der Waals surface area (Å²) in [5, 5.41) is 12.2. The number of Topliss-reactive ketones (excluding diaryl/α,β-unsaturated/α-hetero) is 2. The average Bonchev–Trinajstić information content (AvgIpc) is 2.97. The van der Waals surface area contributed by atoms with Crippen LogP contribution in [0.2, 0.25) is 0 Å². The van der Waals surface area contributed by atoms with Gasteiger partial charge in [0.2, 0.25) is 5.95 Å². The molecule has 1 aromatic heterocycles. The summed E-state index contributed by atoms with van der Waals surface area (Å²) < 4.78 is 39.5. The van der Waals surface area contributed by atoms with E-state index in [4.69, 9.17) is 5.26 Å². The smallest absolute Gasteiger partial charge is 0.329 e. The van der Waals surface area contributed by atoms with E-state index < -0.39 is 11.7 Å². The number of nitriles is 1. The second-order valence-electron chi connectivity index (χ2n) is 9.82. The van der Waals surface area contributed by atoms with Crippen molar-refractivity contribution >= 4 is 34.7 Å². The quantitative estimate of drug-likeness (QED) is 0.202. The van der Waals surface area contributed by atoms with Gasteiger partial charge < -0.3 is 10.2 Å². The number of carbonyl (C=O) groups is 2. The predicted molar refractivity (Wildman–Crippen MR) is 154 cm³/mol. The molecule has 3 aromatic carbocycles. The summed E-state index contributed by atoms with van der Waals surface area (Å²) in [7, 11) is 1.83. The molecule has 214 valence electrons. The maximum absolute atomic E-state index is 13.2. The largest absolute Gasteiger partial charge is 0.416 e. The molecule has 0 aliphatic rings. The van der Waals surface area contributed by atoms with Crippen molar-refractivity contribution in [2.45, 2.75) is 39.3 Å². The lowest BCUT2D eigenvalue weighted by molar-refractivity contribution is -0.137. The zero-order valence-electron chi connectivity index (χ0n) is 23.3. The molecule has 0 fully saturated rings. The molecule has 1 heterocycles. The van der Waals surface area contributed by atoms with Crippen LogP contribution in [-0.2, 0) is 23.8 Å². The van der Waals surface area contributed by atoms with E-state index >= 15 is 0 Å². The Kier molecular flexibility index (Phi) is 9.01. The van der Waals surface area contributed by atoms with E-state index in [-0.39, 0.29) is 35.5 Å². The third kappa shape index (κ3) is 7.37. The molecule has 42 heavy (non-hydrogen) atoms. The highest BCUT2D eigenvalue weighted by Crippen LogP contribution is 2.31. The van der Waals surface area contributed by atoms with Gasteiger partial charge in [-0.05, 0) is 72.1 Å². The molecule has 0 bridgehead atoms. The minimum absolute atomic E-state index is 0.0305. The summed E-state index contributed by atoms with van der Waals surface area (Å²) >= 11 is 0. The Morgan fingerprint density at radius 1 is 0.976 bits per heavy atom. The fourth-order valence-electron chi connectivity index (χ4n) is 4.43. The molecule has 4 aromatic rings. The number of alkyl halides is 3. The van der Waals surface area contributed by atoms with Gasteiger partial charge in [0.25, 0.3) is 0 Å². The zero-order chi connectivity index (χ0) is 30.4. The first-order chi connectivity index (χ1) is 20.0. The first-order valence-corrected chi connectivity index (χ1v) is 13.2. The van der Waals surface area contributed by atoms with Gasteiger partial charge >= 0.3 is 6.18 Å². The van der Waals surface area contributed by atoms with Crippen LogP contribution < -0.4 is 10.2 Å². The van der Waals surface area contributed by atoms with Crippen molar-refractivity contribution in [2.75, 3.05) is 17.3 Å². The lowest BCUT2D eigenvalue weighted by Gasteiger charge is -2.19. The van der Waals surface area contributed by atoms with E-state index in [1.165, 1.54) is 6.07 Å². The van der Waals surface area contributed by atoms with Crippen molar-refractivity contribution in [3.8, 4) is 6.07 Å². The van der Waals surface area contributed by atoms with Gasteiger partial charge in [-0.15, -0.1) is 0 Å². The molecule has 0 radical (unpaired) electrons.